The number of hydrogen-bond donors (Lipinski definition) is 1. The molecule has 1 aliphatic carbocycles. The first-order chi connectivity index (χ1) is 13.6. The zero-order valence-corrected chi connectivity index (χ0v) is 19.9. The van der Waals surface area contributed by atoms with E-state index in [-0.39, 0.29) is 23.0 Å². The summed E-state index contributed by atoms with van der Waals surface area (Å²) >= 11 is 0. The van der Waals surface area contributed by atoms with Crippen LogP contribution in [-0.2, 0) is 14.0 Å². The average molecular weight is 423 g/mol. The Morgan fingerprint density at radius 2 is 1.90 bits per heavy atom. The SMILES string of the molecule is CCOC(=O)C1CCC(Oc2ccc(NCCO[Si](C)(C)C(C)(C)C)cn2)CC1. The van der Waals surface area contributed by atoms with Gasteiger partial charge < -0.3 is 19.2 Å². The van der Waals surface area contributed by atoms with Crippen molar-refractivity contribution in [3.8, 4) is 5.88 Å². The minimum atomic E-state index is -1.70. The molecule has 0 aliphatic heterocycles. The second-order valence-corrected chi connectivity index (χ2v) is 14.1. The molecule has 1 aliphatic rings. The van der Waals surface area contributed by atoms with E-state index in [1.54, 1.807) is 6.20 Å². The molecule has 164 valence electrons. The average Bonchev–Trinajstić information content (AvgIpc) is 2.66. The zero-order valence-electron chi connectivity index (χ0n) is 18.9. The molecule has 7 heteroatoms. The summed E-state index contributed by atoms with van der Waals surface area (Å²) in [6.07, 6.45) is 5.26. The number of nitrogens with one attached hydrogen (secondary N) is 1. The summed E-state index contributed by atoms with van der Waals surface area (Å²) in [4.78, 5) is 16.2. The Bertz CT molecular complexity index is 635. The van der Waals surface area contributed by atoms with E-state index in [4.69, 9.17) is 13.9 Å². The van der Waals surface area contributed by atoms with E-state index >= 15 is 0 Å². The summed E-state index contributed by atoms with van der Waals surface area (Å²) in [5.41, 5.74) is 0.960. The first-order valence-electron chi connectivity index (χ1n) is 10.8. The van der Waals surface area contributed by atoms with E-state index in [9.17, 15) is 4.79 Å². The van der Waals surface area contributed by atoms with Crippen LogP contribution in [0.3, 0.4) is 0 Å². The first kappa shape index (κ1) is 23.7. The first-order valence-corrected chi connectivity index (χ1v) is 13.7. The molecule has 2 rings (SSSR count). The molecule has 1 saturated carbocycles. The van der Waals surface area contributed by atoms with Gasteiger partial charge in [-0.15, -0.1) is 0 Å². The minimum absolute atomic E-state index is 0.0166. The van der Waals surface area contributed by atoms with Crippen LogP contribution in [0, 0.1) is 5.92 Å². The highest BCUT2D eigenvalue weighted by atomic mass is 28.4. The van der Waals surface area contributed by atoms with E-state index in [1.165, 1.54) is 0 Å². The molecule has 0 spiro atoms. The molecule has 29 heavy (non-hydrogen) atoms. The highest BCUT2D eigenvalue weighted by Gasteiger charge is 2.36. The number of hydrogen-bond acceptors (Lipinski definition) is 6. The molecule has 0 radical (unpaired) electrons. The Kier molecular flexibility index (Phi) is 8.52. The summed E-state index contributed by atoms with van der Waals surface area (Å²) in [6.45, 7) is 15.0. The largest absolute Gasteiger partial charge is 0.474 e. The van der Waals surface area contributed by atoms with E-state index in [0.29, 0.717) is 19.1 Å². The van der Waals surface area contributed by atoms with Gasteiger partial charge in [0.25, 0.3) is 0 Å². The molecule has 6 nitrogen and oxygen atoms in total. The molecule has 1 heterocycles. The molecule has 1 aromatic rings. The number of anilines is 1. The van der Waals surface area contributed by atoms with Crippen LogP contribution >= 0.6 is 0 Å². The van der Waals surface area contributed by atoms with Crippen molar-refractivity contribution < 1.29 is 18.7 Å². The number of rotatable bonds is 9. The monoisotopic (exact) mass is 422 g/mol. The van der Waals surface area contributed by atoms with Crippen LogP contribution < -0.4 is 10.1 Å². The fraction of sp³-hybridized carbons (Fsp3) is 0.727. The van der Waals surface area contributed by atoms with Gasteiger partial charge in [-0.1, -0.05) is 20.8 Å². The number of ether oxygens (including phenoxy) is 2. The van der Waals surface area contributed by atoms with Crippen molar-refractivity contribution in [1.82, 2.24) is 4.98 Å². The van der Waals surface area contributed by atoms with Crippen LogP contribution in [-0.4, -0.2) is 45.1 Å². The number of esters is 1. The van der Waals surface area contributed by atoms with Crippen molar-refractivity contribution in [3.63, 3.8) is 0 Å². The van der Waals surface area contributed by atoms with E-state index in [0.717, 1.165) is 37.9 Å². The Morgan fingerprint density at radius 1 is 1.21 bits per heavy atom. The molecular formula is C22H38N2O4Si. The lowest BCUT2D eigenvalue weighted by atomic mass is 9.87. The molecule has 0 bridgehead atoms. The molecule has 0 saturated heterocycles. The summed E-state index contributed by atoms with van der Waals surface area (Å²) in [6, 6.07) is 3.88. The topological polar surface area (TPSA) is 69.7 Å². The molecule has 0 unspecified atom stereocenters. The lowest BCUT2D eigenvalue weighted by molar-refractivity contribution is -0.149. The number of aromatic nitrogens is 1. The smallest absolute Gasteiger partial charge is 0.308 e. The van der Waals surface area contributed by atoms with Gasteiger partial charge in [-0.3, -0.25) is 4.79 Å². The zero-order chi connectivity index (χ0) is 21.5. The van der Waals surface area contributed by atoms with E-state index in [1.807, 2.05) is 19.1 Å². The van der Waals surface area contributed by atoms with Gasteiger partial charge in [0.2, 0.25) is 5.88 Å². The van der Waals surface area contributed by atoms with Gasteiger partial charge in [0, 0.05) is 12.6 Å². The molecule has 1 fully saturated rings. The highest BCUT2D eigenvalue weighted by Crippen LogP contribution is 2.36. The standard InChI is InChI=1S/C22H38N2O4Si/c1-7-26-21(25)17-8-11-19(12-9-17)28-20-13-10-18(16-24-20)23-14-15-27-29(5,6)22(2,3)4/h10,13,16-17,19,23H,7-9,11-12,14-15H2,1-6H3. The molecular weight excluding hydrogens is 384 g/mol. The van der Waals surface area contributed by atoms with Crippen molar-refractivity contribution in [2.45, 2.75) is 77.6 Å². The lowest BCUT2D eigenvalue weighted by Gasteiger charge is -2.36. The van der Waals surface area contributed by atoms with E-state index < -0.39 is 8.32 Å². The normalized spacial score (nSPS) is 20.2. The Morgan fingerprint density at radius 3 is 2.45 bits per heavy atom. The maximum atomic E-state index is 11.8. The van der Waals surface area contributed by atoms with Crippen molar-refractivity contribution in [2.24, 2.45) is 5.92 Å². The Balaban J connectivity index is 1.71. The van der Waals surface area contributed by atoms with Crippen LogP contribution in [0.25, 0.3) is 0 Å². The third-order valence-corrected chi connectivity index (χ3v) is 10.6. The van der Waals surface area contributed by atoms with Crippen LogP contribution in [0.5, 0.6) is 5.88 Å². The van der Waals surface area contributed by atoms with Crippen molar-refractivity contribution >= 4 is 20.0 Å². The summed E-state index contributed by atoms with van der Waals surface area (Å²) in [5, 5.41) is 3.58. The van der Waals surface area contributed by atoms with Gasteiger partial charge in [-0.2, -0.15) is 0 Å². The second-order valence-electron chi connectivity index (χ2n) is 9.26. The van der Waals surface area contributed by atoms with E-state index in [2.05, 4.69) is 44.2 Å². The van der Waals surface area contributed by atoms with Crippen LogP contribution in [0.2, 0.25) is 18.1 Å². The molecule has 1 N–H and O–H groups in total. The van der Waals surface area contributed by atoms with Crippen molar-refractivity contribution in [3.05, 3.63) is 18.3 Å². The van der Waals surface area contributed by atoms with Crippen LogP contribution in [0.15, 0.2) is 18.3 Å². The molecule has 0 atom stereocenters. The van der Waals surface area contributed by atoms with Gasteiger partial charge in [-0.25, -0.2) is 4.98 Å². The fourth-order valence-electron chi connectivity index (χ4n) is 3.12. The quantitative estimate of drug-likeness (QED) is 0.342. The lowest BCUT2D eigenvalue weighted by Crippen LogP contribution is -2.41. The van der Waals surface area contributed by atoms with Gasteiger partial charge >= 0.3 is 5.97 Å². The van der Waals surface area contributed by atoms with Gasteiger partial charge in [0.05, 0.1) is 31.0 Å². The maximum Gasteiger partial charge on any atom is 0.308 e. The van der Waals surface area contributed by atoms with Crippen LogP contribution in [0.1, 0.15) is 53.4 Å². The predicted octanol–water partition coefficient (Wildman–Crippen LogP) is 5.02. The Labute approximate surface area is 176 Å². The molecule has 0 aromatic carbocycles. The third-order valence-electron chi connectivity index (χ3n) is 6.02. The van der Waals surface area contributed by atoms with Gasteiger partial charge in [0.1, 0.15) is 6.10 Å². The maximum absolute atomic E-state index is 11.8. The number of pyridine rings is 1. The summed E-state index contributed by atoms with van der Waals surface area (Å²) < 4.78 is 17.3. The number of carbonyl (C=O) groups is 1. The number of nitrogens with zero attached hydrogens (tertiary/aromatic N) is 1. The predicted molar refractivity (Wildman–Crippen MR) is 119 cm³/mol. The van der Waals surface area contributed by atoms with Crippen molar-refractivity contribution in [1.29, 1.82) is 0 Å². The molecule has 0 amide bonds. The van der Waals surface area contributed by atoms with Crippen molar-refractivity contribution in [2.75, 3.05) is 25.1 Å². The molecule has 1 aromatic heterocycles. The minimum Gasteiger partial charge on any atom is -0.474 e. The summed E-state index contributed by atoms with van der Waals surface area (Å²) in [5.74, 6) is 0.576. The van der Waals surface area contributed by atoms with Gasteiger partial charge in [-0.05, 0) is 56.8 Å². The van der Waals surface area contributed by atoms with Gasteiger partial charge in [0.15, 0.2) is 8.32 Å². The Hall–Kier alpha value is -1.60. The fourth-order valence-corrected chi connectivity index (χ4v) is 4.17. The van der Waals surface area contributed by atoms with Crippen LogP contribution in [0.4, 0.5) is 5.69 Å². The number of carbonyl (C=O) groups excluding carboxylic acids is 1. The summed E-state index contributed by atoms with van der Waals surface area (Å²) in [7, 11) is -1.70. The third kappa shape index (κ3) is 7.30. The highest BCUT2D eigenvalue weighted by molar-refractivity contribution is 6.74. The second kappa shape index (κ2) is 10.4.